The molecule has 134 valence electrons. The summed E-state index contributed by atoms with van der Waals surface area (Å²) in [5.41, 5.74) is 1.56. The average Bonchev–Trinajstić information content (AvgIpc) is 2.67. The van der Waals surface area contributed by atoms with Crippen LogP contribution in [0.15, 0.2) is 54.6 Å². The van der Waals surface area contributed by atoms with E-state index in [0.717, 1.165) is 5.56 Å². The molecule has 2 aromatic carbocycles. The molecule has 2 rings (SSSR count). The van der Waals surface area contributed by atoms with Crippen LogP contribution in [0.2, 0.25) is 0 Å². The molecule has 6 heteroatoms. The number of nitrogens with zero attached hydrogens (tertiary/aromatic N) is 2. The number of carbonyl (C=O) groups excluding carboxylic acids is 2. The maximum Gasteiger partial charge on any atom is 0.344 e. The maximum atomic E-state index is 12.4. The van der Waals surface area contributed by atoms with Crippen LogP contribution in [0, 0.1) is 18.3 Å². The highest BCUT2D eigenvalue weighted by Gasteiger charge is 2.17. The van der Waals surface area contributed by atoms with Crippen LogP contribution in [-0.4, -0.2) is 31.6 Å². The highest BCUT2D eigenvalue weighted by atomic mass is 16.6. The number of esters is 1. The van der Waals surface area contributed by atoms with Gasteiger partial charge in [0.2, 0.25) is 0 Å². The van der Waals surface area contributed by atoms with Gasteiger partial charge in [0, 0.05) is 12.2 Å². The average molecular weight is 352 g/mol. The summed E-state index contributed by atoms with van der Waals surface area (Å²) >= 11 is 0. The Labute approximate surface area is 152 Å². The molecule has 0 unspecified atom stereocenters. The van der Waals surface area contributed by atoms with E-state index in [4.69, 9.17) is 14.7 Å². The zero-order valence-electron chi connectivity index (χ0n) is 14.6. The first-order valence-electron chi connectivity index (χ1n) is 8.18. The number of rotatable bonds is 8. The summed E-state index contributed by atoms with van der Waals surface area (Å²) in [6, 6.07) is 18.3. The number of para-hydroxylation sites is 2. The van der Waals surface area contributed by atoms with Gasteiger partial charge in [-0.15, -0.1) is 0 Å². The van der Waals surface area contributed by atoms with Crippen LogP contribution in [0.1, 0.15) is 12.0 Å². The molecule has 2 aromatic rings. The maximum absolute atomic E-state index is 12.4. The molecule has 0 bridgehead atoms. The summed E-state index contributed by atoms with van der Waals surface area (Å²) in [7, 11) is 0. The van der Waals surface area contributed by atoms with E-state index in [2.05, 4.69) is 0 Å². The first kappa shape index (κ1) is 19.0. The second kappa shape index (κ2) is 9.84. The van der Waals surface area contributed by atoms with Gasteiger partial charge >= 0.3 is 5.97 Å². The van der Waals surface area contributed by atoms with Crippen LogP contribution in [0.4, 0.5) is 5.69 Å². The lowest BCUT2D eigenvalue weighted by molar-refractivity contribution is -0.149. The number of amides is 1. The van der Waals surface area contributed by atoms with E-state index in [9.17, 15) is 9.59 Å². The molecule has 1 amide bonds. The van der Waals surface area contributed by atoms with Crippen LogP contribution >= 0.6 is 0 Å². The molecule has 6 nitrogen and oxygen atoms in total. The van der Waals surface area contributed by atoms with Gasteiger partial charge in [-0.05, 0) is 30.7 Å². The van der Waals surface area contributed by atoms with E-state index in [1.54, 1.807) is 30.3 Å². The fourth-order valence-electron chi connectivity index (χ4n) is 2.28. The van der Waals surface area contributed by atoms with Crippen LogP contribution in [-0.2, 0) is 14.3 Å². The van der Waals surface area contributed by atoms with E-state index in [-0.39, 0.29) is 19.6 Å². The number of aryl methyl sites for hydroxylation is 1. The van der Waals surface area contributed by atoms with Crippen molar-refractivity contribution in [1.82, 2.24) is 0 Å². The van der Waals surface area contributed by atoms with E-state index in [1.165, 1.54) is 4.90 Å². The number of hydrogen-bond acceptors (Lipinski definition) is 5. The third-order valence-corrected chi connectivity index (χ3v) is 3.61. The second-order valence-corrected chi connectivity index (χ2v) is 5.50. The van der Waals surface area contributed by atoms with Gasteiger partial charge in [0.25, 0.3) is 5.91 Å². The van der Waals surface area contributed by atoms with Gasteiger partial charge in [0.05, 0.1) is 12.5 Å². The van der Waals surface area contributed by atoms with E-state index >= 15 is 0 Å². The van der Waals surface area contributed by atoms with Crippen molar-refractivity contribution >= 4 is 17.6 Å². The van der Waals surface area contributed by atoms with E-state index in [0.29, 0.717) is 11.4 Å². The Kier molecular flexibility index (Phi) is 7.19. The Morgan fingerprint density at radius 1 is 1.04 bits per heavy atom. The van der Waals surface area contributed by atoms with Gasteiger partial charge < -0.3 is 14.4 Å². The summed E-state index contributed by atoms with van der Waals surface area (Å²) in [6.07, 6.45) is 0.185. The second-order valence-electron chi connectivity index (χ2n) is 5.50. The zero-order valence-corrected chi connectivity index (χ0v) is 14.6. The molecule has 0 radical (unpaired) electrons. The van der Waals surface area contributed by atoms with Gasteiger partial charge in [0.1, 0.15) is 5.75 Å². The lowest BCUT2D eigenvalue weighted by Gasteiger charge is -2.21. The van der Waals surface area contributed by atoms with Crippen molar-refractivity contribution in [3.05, 3.63) is 60.2 Å². The highest BCUT2D eigenvalue weighted by Crippen LogP contribution is 2.16. The van der Waals surface area contributed by atoms with Crippen molar-refractivity contribution in [2.45, 2.75) is 13.3 Å². The minimum absolute atomic E-state index is 0.185. The topological polar surface area (TPSA) is 79.6 Å². The fourth-order valence-corrected chi connectivity index (χ4v) is 2.28. The summed E-state index contributed by atoms with van der Waals surface area (Å²) in [6.45, 7) is 1.42. The van der Waals surface area contributed by atoms with Gasteiger partial charge in [0.15, 0.2) is 13.2 Å². The van der Waals surface area contributed by atoms with Crippen molar-refractivity contribution in [3.63, 3.8) is 0 Å². The van der Waals surface area contributed by atoms with Crippen LogP contribution < -0.4 is 9.64 Å². The first-order valence-corrected chi connectivity index (χ1v) is 8.18. The summed E-state index contributed by atoms with van der Waals surface area (Å²) in [4.78, 5) is 25.6. The van der Waals surface area contributed by atoms with Crippen molar-refractivity contribution < 1.29 is 19.1 Å². The number of ether oxygens (including phenoxy) is 2. The molecule has 26 heavy (non-hydrogen) atoms. The summed E-state index contributed by atoms with van der Waals surface area (Å²) < 4.78 is 10.4. The van der Waals surface area contributed by atoms with Crippen molar-refractivity contribution in [2.24, 2.45) is 0 Å². The molecular weight excluding hydrogens is 332 g/mol. The van der Waals surface area contributed by atoms with Gasteiger partial charge in [-0.3, -0.25) is 4.79 Å². The molecule has 0 heterocycles. The lowest BCUT2D eigenvalue weighted by atomic mass is 10.2. The van der Waals surface area contributed by atoms with Crippen LogP contribution in [0.3, 0.4) is 0 Å². The third kappa shape index (κ3) is 5.64. The summed E-state index contributed by atoms with van der Waals surface area (Å²) in [5, 5.41) is 8.77. The molecule has 0 N–H and O–H groups in total. The first-order chi connectivity index (χ1) is 12.6. The molecule has 0 aliphatic rings. The molecule has 0 atom stereocenters. The van der Waals surface area contributed by atoms with Crippen molar-refractivity contribution in [1.29, 1.82) is 5.26 Å². The van der Waals surface area contributed by atoms with E-state index < -0.39 is 18.5 Å². The minimum atomic E-state index is -0.630. The van der Waals surface area contributed by atoms with Crippen LogP contribution in [0.25, 0.3) is 0 Å². The molecule has 0 spiro atoms. The lowest BCUT2D eigenvalue weighted by Crippen LogP contribution is -2.36. The number of hydrogen-bond donors (Lipinski definition) is 0. The number of anilines is 1. The molecule has 0 aliphatic heterocycles. The SMILES string of the molecule is Cc1ccccc1OCC(=O)OCC(=O)N(CCC#N)c1ccccc1. The summed E-state index contributed by atoms with van der Waals surface area (Å²) in [5.74, 6) is -0.429. The fraction of sp³-hybridized carbons (Fsp3) is 0.250. The zero-order chi connectivity index (χ0) is 18.8. The van der Waals surface area contributed by atoms with Gasteiger partial charge in [-0.25, -0.2) is 4.79 Å². The van der Waals surface area contributed by atoms with Crippen LogP contribution in [0.5, 0.6) is 5.75 Å². The highest BCUT2D eigenvalue weighted by molar-refractivity contribution is 5.95. The molecule has 0 saturated heterocycles. The number of nitriles is 1. The smallest absolute Gasteiger partial charge is 0.344 e. The Morgan fingerprint density at radius 3 is 2.42 bits per heavy atom. The van der Waals surface area contributed by atoms with E-state index in [1.807, 2.05) is 37.3 Å². The Balaban J connectivity index is 1.87. The third-order valence-electron chi connectivity index (χ3n) is 3.61. The largest absolute Gasteiger partial charge is 0.482 e. The Bertz CT molecular complexity index is 784. The standard InChI is InChI=1S/C20H20N2O4/c1-16-8-5-6-11-18(16)25-15-20(24)26-14-19(23)22(13-7-12-21)17-9-3-2-4-10-17/h2-6,8-11H,7,13-15H2,1H3. The molecule has 0 aromatic heterocycles. The predicted octanol–water partition coefficient (Wildman–Crippen LogP) is 2.86. The van der Waals surface area contributed by atoms with Gasteiger partial charge in [-0.1, -0.05) is 36.4 Å². The number of benzene rings is 2. The molecular formula is C20H20N2O4. The van der Waals surface area contributed by atoms with Gasteiger partial charge in [-0.2, -0.15) is 5.26 Å². The number of carbonyl (C=O) groups is 2. The Hall–Kier alpha value is -3.33. The molecule has 0 fully saturated rings. The monoisotopic (exact) mass is 352 g/mol. The predicted molar refractivity (Wildman–Crippen MR) is 96.7 cm³/mol. The molecule has 0 aliphatic carbocycles. The Morgan fingerprint density at radius 2 is 1.73 bits per heavy atom. The normalized spacial score (nSPS) is 9.85. The quantitative estimate of drug-likeness (QED) is 0.683. The van der Waals surface area contributed by atoms with Crippen molar-refractivity contribution in [2.75, 3.05) is 24.7 Å². The molecule has 0 saturated carbocycles. The van der Waals surface area contributed by atoms with Crippen molar-refractivity contribution in [3.8, 4) is 11.8 Å². The minimum Gasteiger partial charge on any atom is -0.482 e.